The van der Waals surface area contributed by atoms with Crippen molar-refractivity contribution in [3.63, 3.8) is 0 Å². The fourth-order valence-electron chi connectivity index (χ4n) is 6.87. The SMILES string of the molecule is COc1ccc2cc1-c1cc(ccc1OC)CC/C(C#N)=C(/N)CCCc1ccc(OC)c(c1)-c1cc(ccc1OC)CC/C(C#N)=C(/N)CCC2. The molecule has 268 valence electrons. The summed E-state index contributed by atoms with van der Waals surface area (Å²) in [5.41, 5.74) is 23.7. The number of nitrogens with two attached hydrogens (primary N) is 2. The lowest BCUT2D eigenvalue weighted by molar-refractivity contribution is 0.410. The standard InChI is InChI=1S/C44H48N4O4/c1-49-41-19-13-29-7-5-9-39(47)34(28-46)18-12-32-16-22-44(52-4)38(26-32)36-24-30(14-20-42(36)50-2)8-6-10-40(48)33(27-45)17-11-31-15-21-43(51-3)37(25-31)35(41)23-29/h13-16,19-26H,5-12,17-18,47-48H2,1-4H3/b39-34-,40-33-. The number of benzene rings is 4. The summed E-state index contributed by atoms with van der Waals surface area (Å²) < 4.78 is 23.2. The summed E-state index contributed by atoms with van der Waals surface area (Å²) in [7, 11) is 6.66. The molecule has 8 bridgehead atoms. The van der Waals surface area contributed by atoms with Crippen LogP contribution in [0.4, 0.5) is 0 Å². The topological polar surface area (TPSA) is 137 Å². The van der Waals surface area contributed by atoms with Gasteiger partial charge in [0.1, 0.15) is 23.0 Å². The maximum atomic E-state index is 10.1. The molecule has 0 spiro atoms. The monoisotopic (exact) mass is 696 g/mol. The van der Waals surface area contributed by atoms with Gasteiger partial charge in [-0.1, -0.05) is 24.3 Å². The summed E-state index contributed by atoms with van der Waals surface area (Å²) >= 11 is 0. The molecule has 0 radical (unpaired) electrons. The smallest absolute Gasteiger partial charge is 0.126 e. The molecule has 1 aliphatic rings. The maximum Gasteiger partial charge on any atom is 0.126 e. The predicted molar refractivity (Wildman–Crippen MR) is 206 cm³/mol. The van der Waals surface area contributed by atoms with Crippen molar-refractivity contribution in [2.75, 3.05) is 28.4 Å². The molecule has 8 heteroatoms. The number of aryl methyl sites for hydroxylation is 4. The molecule has 0 amide bonds. The van der Waals surface area contributed by atoms with Gasteiger partial charge in [0.05, 0.1) is 40.6 Å². The Morgan fingerprint density at radius 1 is 0.423 bits per heavy atom. The van der Waals surface area contributed by atoms with E-state index in [4.69, 9.17) is 30.4 Å². The second-order valence-electron chi connectivity index (χ2n) is 13.1. The zero-order valence-electron chi connectivity index (χ0n) is 30.7. The van der Waals surface area contributed by atoms with Gasteiger partial charge in [-0.2, -0.15) is 10.5 Å². The minimum absolute atomic E-state index is 0.535. The Morgan fingerprint density at radius 3 is 0.981 bits per heavy atom. The van der Waals surface area contributed by atoms with Crippen LogP contribution in [0.3, 0.4) is 0 Å². The lowest BCUT2D eigenvalue weighted by Gasteiger charge is -2.16. The summed E-state index contributed by atoms with van der Waals surface area (Å²) in [5.74, 6) is 2.95. The fourth-order valence-corrected chi connectivity index (χ4v) is 6.87. The van der Waals surface area contributed by atoms with Crippen molar-refractivity contribution in [1.29, 1.82) is 10.5 Å². The molecule has 1 aliphatic carbocycles. The van der Waals surface area contributed by atoms with Gasteiger partial charge in [-0.25, -0.2) is 0 Å². The van der Waals surface area contributed by atoms with Gasteiger partial charge in [0, 0.05) is 44.8 Å². The molecule has 0 unspecified atom stereocenters. The van der Waals surface area contributed by atoms with Crippen LogP contribution in [0.15, 0.2) is 95.3 Å². The second-order valence-corrected chi connectivity index (χ2v) is 13.1. The third-order valence-corrected chi connectivity index (χ3v) is 9.83. The van der Waals surface area contributed by atoms with Gasteiger partial charge in [-0.3, -0.25) is 0 Å². The van der Waals surface area contributed by atoms with E-state index in [2.05, 4.69) is 48.5 Å². The molecule has 4 N–H and O–H groups in total. The van der Waals surface area contributed by atoms with Gasteiger partial charge in [0.2, 0.25) is 0 Å². The van der Waals surface area contributed by atoms with E-state index in [0.29, 0.717) is 61.1 Å². The minimum atomic E-state index is 0.535. The zero-order chi connectivity index (χ0) is 37.0. The molecular formula is C44H48N4O4. The first kappa shape index (κ1) is 37.4. The number of fused-ring (bicyclic) bond motifs is 10. The van der Waals surface area contributed by atoms with E-state index >= 15 is 0 Å². The fraction of sp³-hybridized carbons (Fsp3) is 0.318. The predicted octanol–water partition coefficient (Wildman–Crippen LogP) is 8.75. The molecule has 4 aromatic rings. The van der Waals surface area contributed by atoms with Crippen LogP contribution in [-0.4, -0.2) is 28.4 Å². The van der Waals surface area contributed by atoms with Crippen LogP contribution in [0.1, 0.15) is 60.8 Å². The first-order valence-electron chi connectivity index (χ1n) is 17.8. The van der Waals surface area contributed by atoms with Gasteiger partial charge in [0.15, 0.2) is 0 Å². The van der Waals surface area contributed by atoms with E-state index in [-0.39, 0.29) is 0 Å². The van der Waals surface area contributed by atoms with E-state index in [0.717, 1.165) is 93.2 Å². The number of nitrogens with zero attached hydrogens (tertiary/aromatic N) is 2. The van der Waals surface area contributed by atoms with Crippen LogP contribution < -0.4 is 30.4 Å². The summed E-state index contributed by atoms with van der Waals surface area (Å²) in [5, 5.41) is 20.2. The van der Waals surface area contributed by atoms with E-state index in [9.17, 15) is 10.5 Å². The second kappa shape index (κ2) is 17.9. The highest BCUT2D eigenvalue weighted by Crippen LogP contribution is 2.40. The van der Waals surface area contributed by atoms with Gasteiger partial charge >= 0.3 is 0 Å². The van der Waals surface area contributed by atoms with Crippen molar-refractivity contribution in [2.45, 2.75) is 64.2 Å². The summed E-state index contributed by atoms with van der Waals surface area (Å²) in [4.78, 5) is 0. The molecule has 0 saturated heterocycles. The quantitative estimate of drug-likeness (QED) is 0.216. The zero-order valence-corrected chi connectivity index (χ0v) is 30.7. The molecular weight excluding hydrogens is 649 g/mol. The van der Waals surface area contributed by atoms with Crippen LogP contribution in [0, 0.1) is 22.7 Å². The molecule has 0 aliphatic heterocycles. The number of hydrogen-bond donors (Lipinski definition) is 2. The van der Waals surface area contributed by atoms with Crippen LogP contribution in [-0.2, 0) is 25.7 Å². The van der Waals surface area contributed by atoms with Crippen molar-refractivity contribution < 1.29 is 18.9 Å². The molecule has 0 aromatic heterocycles. The average Bonchev–Trinajstić information content (AvgIpc) is 3.17. The van der Waals surface area contributed by atoms with E-state index < -0.39 is 0 Å². The molecule has 0 fully saturated rings. The Hall–Kier alpha value is -5.86. The van der Waals surface area contributed by atoms with Crippen LogP contribution in [0.25, 0.3) is 22.3 Å². The summed E-state index contributed by atoms with van der Waals surface area (Å²) in [6, 6.07) is 29.4. The molecule has 0 heterocycles. The Bertz CT molecular complexity index is 1900. The van der Waals surface area contributed by atoms with Gasteiger partial charge in [-0.05, 0) is 135 Å². The normalized spacial score (nSPS) is 17.3. The third-order valence-electron chi connectivity index (χ3n) is 9.83. The first-order chi connectivity index (χ1) is 25.3. The Labute approximate surface area is 307 Å². The average molecular weight is 697 g/mol. The number of ether oxygens (including phenoxy) is 4. The van der Waals surface area contributed by atoms with Gasteiger partial charge < -0.3 is 30.4 Å². The minimum Gasteiger partial charge on any atom is -0.496 e. The lowest BCUT2D eigenvalue weighted by Crippen LogP contribution is -2.05. The molecule has 4 aromatic carbocycles. The summed E-state index contributed by atoms with van der Waals surface area (Å²) in [6.45, 7) is 0. The highest BCUT2D eigenvalue weighted by Gasteiger charge is 2.17. The van der Waals surface area contributed by atoms with Crippen molar-refractivity contribution in [1.82, 2.24) is 0 Å². The molecule has 8 nitrogen and oxygen atoms in total. The van der Waals surface area contributed by atoms with E-state index in [1.54, 1.807) is 28.4 Å². The molecule has 0 saturated carbocycles. The van der Waals surface area contributed by atoms with Crippen molar-refractivity contribution in [3.05, 3.63) is 118 Å². The maximum absolute atomic E-state index is 10.1. The highest BCUT2D eigenvalue weighted by molar-refractivity contribution is 5.78. The molecule has 5 rings (SSSR count). The van der Waals surface area contributed by atoms with E-state index in [1.165, 1.54) is 0 Å². The van der Waals surface area contributed by atoms with Gasteiger partial charge in [0.25, 0.3) is 0 Å². The molecule has 0 atom stereocenters. The Balaban J connectivity index is 1.53. The Morgan fingerprint density at radius 2 is 0.712 bits per heavy atom. The number of allylic oxidation sites excluding steroid dienone is 4. The largest absolute Gasteiger partial charge is 0.496 e. The summed E-state index contributed by atoms with van der Waals surface area (Å²) in [6.07, 6.45) is 6.71. The van der Waals surface area contributed by atoms with Crippen molar-refractivity contribution in [2.24, 2.45) is 11.5 Å². The number of methoxy groups -OCH3 is 4. The number of nitriles is 2. The van der Waals surface area contributed by atoms with Crippen molar-refractivity contribution in [3.8, 4) is 57.4 Å². The van der Waals surface area contributed by atoms with E-state index in [1.807, 2.05) is 36.4 Å². The van der Waals surface area contributed by atoms with Crippen LogP contribution >= 0.6 is 0 Å². The number of hydrogen-bond acceptors (Lipinski definition) is 8. The first-order valence-corrected chi connectivity index (χ1v) is 17.8. The Kier molecular flexibility index (Phi) is 12.9. The number of rotatable bonds is 4. The van der Waals surface area contributed by atoms with Crippen LogP contribution in [0.2, 0.25) is 0 Å². The van der Waals surface area contributed by atoms with Crippen LogP contribution in [0.5, 0.6) is 23.0 Å². The lowest BCUT2D eigenvalue weighted by atomic mass is 9.93. The highest BCUT2D eigenvalue weighted by atomic mass is 16.5. The molecule has 52 heavy (non-hydrogen) atoms. The van der Waals surface area contributed by atoms with Crippen molar-refractivity contribution >= 4 is 0 Å². The van der Waals surface area contributed by atoms with Gasteiger partial charge in [-0.15, -0.1) is 0 Å². The third kappa shape index (κ3) is 8.89.